The van der Waals surface area contributed by atoms with Crippen molar-refractivity contribution in [3.8, 4) is 0 Å². The fourth-order valence-electron chi connectivity index (χ4n) is 2.23. The average molecular weight is 239 g/mol. The lowest BCUT2D eigenvalue weighted by atomic mass is 10.0. The highest BCUT2D eigenvalue weighted by molar-refractivity contribution is 6.31. The Morgan fingerprint density at radius 3 is 2.94 bits per heavy atom. The summed E-state index contributed by atoms with van der Waals surface area (Å²) in [6, 6.07) is 1.98. The maximum Gasteiger partial charge on any atom is 0.0634 e. The average Bonchev–Trinajstić information content (AvgIpc) is 3.02. The van der Waals surface area contributed by atoms with Gasteiger partial charge in [0, 0.05) is 25.5 Å². The molecule has 1 aromatic heterocycles. The molecule has 0 aliphatic heterocycles. The van der Waals surface area contributed by atoms with Gasteiger partial charge in [0.25, 0.3) is 0 Å². The van der Waals surface area contributed by atoms with Crippen molar-refractivity contribution in [3.05, 3.63) is 29.0 Å². The van der Waals surface area contributed by atoms with Crippen LogP contribution < -0.4 is 5.32 Å². The highest BCUT2D eigenvalue weighted by Crippen LogP contribution is 2.48. The number of pyridine rings is 1. The minimum atomic E-state index is 0.605. The summed E-state index contributed by atoms with van der Waals surface area (Å²) in [5.41, 5.74) is 1.75. The molecule has 2 nitrogen and oxygen atoms in total. The molecule has 88 valence electrons. The summed E-state index contributed by atoms with van der Waals surface area (Å²) in [5.74, 6) is 0. The van der Waals surface area contributed by atoms with Crippen LogP contribution in [0.5, 0.6) is 0 Å². The Morgan fingerprint density at radius 2 is 2.31 bits per heavy atom. The lowest BCUT2D eigenvalue weighted by molar-refractivity contribution is 0.421. The fraction of sp³-hybridized carbons (Fsp3) is 0.615. The van der Waals surface area contributed by atoms with E-state index in [1.54, 1.807) is 12.4 Å². The fourth-order valence-corrected chi connectivity index (χ4v) is 2.42. The third-order valence-corrected chi connectivity index (χ3v) is 3.75. The molecule has 1 aliphatic carbocycles. The minimum Gasteiger partial charge on any atom is -0.312 e. The smallest absolute Gasteiger partial charge is 0.0634 e. The van der Waals surface area contributed by atoms with Crippen molar-refractivity contribution in [2.45, 2.75) is 39.2 Å². The van der Waals surface area contributed by atoms with E-state index < -0.39 is 0 Å². The van der Waals surface area contributed by atoms with E-state index in [1.165, 1.54) is 25.7 Å². The van der Waals surface area contributed by atoms with E-state index >= 15 is 0 Å². The number of nitrogens with zero attached hydrogens (tertiary/aromatic N) is 1. The van der Waals surface area contributed by atoms with Crippen LogP contribution in [0.1, 0.15) is 38.2 Å². The monoisotopic (exact) mass is 238 g/mol. The summed E-state index contributed by atoms with van der Waals surface area (Å²) in [5, 5.41) is 4.28. The summed E-state index contributed by atoms with van der Waals surface area (Å²) in [6.07, 6.45) is 8.91. The molecule has 0 atom stereocenters. The van der Waals surface area contributed by atoms with E-state index in [0.717, 1.165) is 23.7 Å². The second-order valence-electron chi connectivity index (χ2n) is 4.82. The molecule has 0 amide bonds. The van der Waals surface area contributed by atoms with Crippen LogP contribution in [0.15, 0.2) is 18.5 Å². The highest BCUT2D eigenvalue weighted by Gasteiger charge is 2.40. The van der Waals surface area contributed by atoms with E-state index in [2.05, 4.69) is 17.2 Å². The first kappa shape index (κ1) is 11.9. The van der Waals surface area contributed by atoms with Gasteiger partial charge in [0.15, 0.2) is 0 Å². The molecule has 0 aromatic carbocycles. The molecule has 0 radical (unpaired) electrons. The molecule has 1 aromatic rings. The summed E-state index contributed by atoms with van der Waals surface area (Å²) in [6.45, 7) is 4.24. The standard InChI is InChI=1S/C13H19ClN2/c1-2-4-13(5-6-13)10-16-8-11-3-7-15-9-12(11)14/h3,7,9,16H,2,4-6,8,10H2,1H3. The van der Waals surface area contributed by atoms with E-state index in [9.17, 15) is 0 Å². The molecular weight excluding hydrogens is 220 g/mol. The van der Waals surface area contributed by atoms with Crippen LogP contribution in [0, 0.1) is 5.41 Å². The Bertz CT molecular complexity index is 348. The van der Waals surface area contributed by atoms with Crippen molar-refractivity contribution in [3.63, 3.8) is 0 Å². The van der Waals surface area contributed by atoms with Gasteiger partial charge in [-0.1, -0.05) is 24.9 Å². The van der Waals surface area contributed by atoms with Gasteiger partial charge in [-0.05, 0) is 36.3 Å². The van der Waals surface area contributed by atoms with Gasteiger partial charge in [-0.3, -0.25) is 4.98 Å². The number of rotatable bonds is 6. The largest absolute Gasteiger partial charge is 0.312 e. The molecule has 1 N–H and O–H groups in total. The lowest BCUT2D eigenvalue weighted by Crippen LogP contribution is -2.23. The predicted octanol–water partition coefficient (Wildman–Crippen LogP) is 3.40. The third-order valence-electron chi connectivity index (χ3n) is 3.41. The van der Waals surface area contributed by atoms with Crippen LogP contribution in [0.3, 0.4) is 0 Å². The van der Waals surface area contributed by atoms with Crippen molar-refractivity contribution in [2.24, 2.45) is 5.41 Å². The zero-order chi connectivity index (χ0) is 11.4. The number of hydrogen-bond acceptors (Lipinski definition) is 2. The normalized spacial score (nSPS) is 17.4. The summed E-state index contributed by atoms with van der Waals surface area (Å²) in [7, 11) is 0. The number of aromatic nitrogens is 1. The van der Waals surface area contributed by atoms with Crippen LogP contribution in [0.2, 0.25) is 5.02 Å². The molecule has 0 spiro atoms. The second kappa shape index (κ2) is 5.15. The molecule has 1 heterocycles. The molecule has 16 heavy (non-hydrogen) atoms. The van der Waals surface area contributed by atoms with Gasteiger partial charge in [0.2, 0.25) is 0 Å². The van der Waals surface area contributed by atoms with Crippen LogP contribution in [0.4, 0.5) is 0 Å². The Balaban J connectivity index is 1.78. The summed E-state index contributed by atoms with van der Waals surface area (Å²) < 4.78 is 0. The molecule has 1 fully saturated rings. The van der Waals surface area contributed by atoms with Gasteiger partial charge in [0.05, 0.1) is 5.02 Å². The molecule has 0 bridgehead atoms. The molecule has 1 aliphatic rings. The molecule has 2 rings (SSSR count). The maximum absolute atomic E-state index is 6.05. The Hall–Kier alpha value is -0.600. The van der Waals surface area contributed by atoms with E-state index in [1.807, 2.05) is 6.07 Å². The zero-order valence-electron chi connectivity index (χ0n) is 9.80. The predicted molar refractivity (Wildman–Crippen MR) is 67.5 cm³/mol. The van der Waals surface area contributed by atoms with Gasteiger partial charge >= 0.3 is 0 Å². The summed E-state index contributed by atoms with van der Waals surface area (Å²) >= 11 is 6.05. The van der Waals surface area contributed by atoms with Crippen molar-refractivity contribution >= 4 is 11.6 Å². The number of nitrogens with one attached hydrogen (secondary N) is 1. The van der Waals surface area contributed by atoms with Gasteiger partial charge in [-0.25, -0.2) is 0 Å². The quantitative estimate of drug-likeness (QED) is 0.822. The van der Waals surface area contributed by atoms with Gasteiger partial charge in [-0.2, -0.15) is 0 Å². The molecule has 3 heteroatoms. The molecule has 1 saturated carbocycles. The Labute approximate surface area is 102 Å². The first-order chi connectivity index (χ1) is 7.76. The zero-order valence-corrected chi connectivity index (χ0v) is 10.6. The first-order valence-electron chi connectivity index (χ1n) is 6.05. The highest BCUT2D eigenvalue weighted by atomic mass is 35.5. The Kier molecular flexibility index (Phi) is 3.82. The van der Waals surface area contributed by atoms with E-state index in [-0.39, 0.29) is 0 Å². The van der Waals surface area contributed by atoms with Crippen LogP contribution in [0.25, 0.3) is 0 Å². The van der Waals surface area contributed by atoms with Crippen molar-refractivity contribution in [1.29, 1.82) is 0 Å². The first-order valence-corrected chi connectivity index (χ1v) is 6.43. The lowest BCUT2D eigenvalue weighted by Gasteiger charge is -2.15. The number of hydrogen-bond donors (Lipinski definition) is 1. The second-order valence-corrected chi connectivity index (χ2v) is 5.23. The van der Waals surface area contributed by atoms with Crippen LogP contribution >= 0.6 is 11.6 Å². The van der Waals surface area contributed by atoms with Gasteiger partial charge in [-0.15, -0.1) is 0 Å². The van der Waals surface area contributed by atoms with E-state index in [4.69, 9.17) is 11.6 Å². The maximum atomic E-state index is 6.05. The molecule has 0 saturated heterocycles. The summed E-state index contributed by atoms with van der Waals surface area (Å²) in [4.78, 5) is 3.98. The van der Waals surface area contributed by atoms with E-state index in [0.29, 0.717) is 5.41 Å². The van der Waals surface area contributed by atoms with Crippen molar-refractivity contribution in [1.82, 2.24) is 10.3 Å². The third kappa shape index (κ3) is 2.96. The Morgan fingerprint density at radius 1 is 1.50 bits per heavy atom. The van der Waals surface area contributed by atoms with Crippen LogP contribution in [-0.4, -0.2) is 11.5 Å². The van der Waals surface area contributed by atoms with Crippen LogP contribution in [-0.2, 0) is 6.54 Å². The van der Waals surface area contributed by atoms with Crippen molar-refractivity contribution in [2.75, 3.05) is 6.54 Å². The molecular formula is C13H19ClN2. The molecule has 0 unspecified atom stereocenters. The number of halogens is 1. The topological polar surface area (TPSA) is 24.9 Å². The minimum absolute atomic E-state index is 0.605. The van der Waals surface area contributed by atoms with Crippen molar-refractivity contribution < 1.29 is 0 Å². The van der Waals surface area contributed by atoms with Gasteiger partial charge in [0.1, 0.15) is 0 Å². The van der Waals surface area contributed by atoms with Gasteiger partial charge < -0.3 is 5.32 Å². The SMILES string of the molecule is CCCC1(CNCc2ccncc2Cl)CC1.